The Balaban J connectivity index is 1.31. The summed E-state index contributed by atoms with van der Waals surface area (Å²) in [6, 6.07) is 17.2. The third kappa shape index (κ3) is 5.41. The lowest BCUT2D eigenvalue weighted by atomic mass is 10.1. The fourth-order valence-electron chi connectivity index (χ4n) is 2.95. The maximum atomic E-state index is 12.9. The minimum atomic E-state index is -0.203. The largest absolute Gasteiger partial charge is 0.361 e. The van der Waals surface area contributed by atoms with Gasteiger partial charge in [0.2, 0.25) is 0 Å². The van der Waals surface area contributed by atoms with Crippen LogP contribution < -0.4 is 0 Å². The molecule has 2 aromatic carbocycles. The van der Waals surface area contributed by atoms with Gasteiger partial charge in [-0.1, -0.05) is 42.5 Å². The van der Waals surface area contributed by atoms with Crippen LogP contribution in [0.2, 0.25) is 0 Å². The molecule has 0 spiro atoms. The van der Waals surface area contributed by atoms with Crippen molar-refractivity contribution >= 4 is 0 Å². The standard InChI is InChI=1S/C20H25FN2O/c21-20-8-6-19(7-9-20)16-24-17-23-14-12-22(13-15-23)11-10-18-4-2-1-3-5-18/h1-9H,10-17H2. The molecule has 0 atom stereocenters. The predicted octanol–water partition coefficient (Wildman–Crippen LogP) is 3.16. The number of halogens is 1. The van der Waals surface area contributed by atoms with Gasteiger partial charge in [0.05, 0.1) is 13.3 Å². The molecular weight excluding hydrogens is 303 g/mol. The van der Waals surface area contributed by atoms with Crippen LogP contribution in [0.15, 0.2) is 54.6 Å². The van der Waals surface area contributed by atoms with Gasteiger partial charge in [-0.15, -0.1) is 0 Å². The van der Waals surface area contributed by atoms with Gasteiger partial charge in [0.15, 0.2) is 0 Å². The molecule has 0 unspecified atom stereocenters. The van der Waals surface area contributed by atoms with E-state index in [0.717, 1.165) is 44.7 Å². The van der Waals surface area contributed by atoms with Crippen LogP contribution in [0.4, 0.5) is 4.39 Å². The van der Waals surface area contributed by atoms with Gasteiger partial charge in [-0.3, -0.25) is 4.90 Å². The Labute approximate surface area is 143 Å². The summed E-state index contributed by atoms with van der Waals surface area (Å²) in [4.78, 5) is 4.85. The molecule has 0 N–H and O–H groups in total. The van der Waals surface area contributed by atoms with E-state index in [1.54, 1.807) is 12.1 Å². The van der Waals surface area contributed by atoms with Gasteiger partial charge < -0.3 is 9.64 Å². The van der Waals surface area contributed by atoms with Crippen LogP contribution in [0.3, 0.4) is 0 Å². The number of rotatable bonds is 7. The first-order valence-electron chi connectivity index (χ1n) is 8.60. The first kappa shape index (κ1) is 17.1. The first-order chi connectivity index (χ1) is 11.8. The second-order valence-electron chi connectivity index (χ2n) is 6.30. The molecule has 1 aliphatic rings. The maximum absolute atomic E-state index is 12.9. The summed E-state index contributed by atoms with van der Waals surface area (Å²) in [5, 5.41) is 0. The van der Waals surface area contributed by atoms with E-state index in [0.29, 0.717) is 13.3 Å². The maximum Gasteiger partial charge on any atom is 0.123 e. The molecule has 24 heavy (non-hydrogen) atoms. The Kier molecular flexibility index (Phi) is 6.35. The monoisotopic (exact) mass is 328 g/mol. The van der Waals surface area contributed by atoms with E-state index in [2.05, 4.69) is 40.1 Å². The van der Waals surface area contributed by atoms with Crippen molar-refractivity contribution in [2.45, 2.75) is 13.0 Å². The highest BCUT2D eigenvalue weighted by atomic mass is 19.1. The number of ether oxygens (including phenoxy) is 1. The van der Waals surface area contributed by atoms with Crippen LogP contribution in [-0.2, 0) is 17.8 Å². The molecule has 4 heteroatoms. The zero-order valence-electron chi connectivity index (χ0n) is 14.0. The zero-order valence-corrected chi connectivity index (χ0v) is 14.0. The van der Waals surface area contributed by atoms with E-state index in [-0.39, 0.29) is 5.82 Å². The van der Waals surface area contributed by atoms with Gasteiger partial charge in [-0.2, -0.15) is 0 Å². The highest BCUT2D eigenvalue weighted by Gasteiger charge is 2.16. The quantitative estimate of drug-likeness (QED) is 0.776. The van der Waals surface area contributed by atoms with E-state index >= 15 is 0 Å². The van der Waals surface area contributed by atoms with Crippen LogP contribution in [0.1, 0.15) is 11.1 Å². The van der Waals surface area contributed by atoms with Crippen molar-refractivity contribution in [1.82, 2.24) is 9.80 Å². The second kappa shape index (κ2) is 8.92. The Hall–Kier alpha value is -1.75. The van der Waals surface area contributed by atoms with E-state index < -0.39 is 0 Å². The Morgan fingerprint density at radius 1 is 0.792 bits per heavy atom. The van der Waals surface area contributed by atoms with E-state index in [1.165, 1.54) is 17.7 Å². The summed E-state index contributed by atoms with van der Waals surface area (Å²) in [6.45, 7) is 6.56. The van der Waals surface area contributed by atoms with Crippen LogP contribution in [0.25, 0.3) is 0 Å². The highest BCUT2D eigenvalue weighted by molar-refractivity contribution is 5.15. The number of hydrogen-bond donors (Lipinski definition) is 0. The molecule has 128 valence electrons. The van der Waals surface area contributed by atoms with Gasteiger partial charge in [0.25, 0.3) is 0 Å². The van der Waals surface area contributed by atoms with Crippen molar-refractivity contribution in [3.63, 3.8) is 0 Å². The summed E-state index contributed by atoms with van der Waals surface area (Å²) in [7, 11) is 0. The molecule has 1 saturated heterocycles. The van der Waals surface area contributed by atoms with Crippen molar-refractivity contribution in [1.29, 1.82) is 0 Å². The topological polar surface area (TPSA) is 15.7 Å². The lowest BCUT2D eigenvalue weighted by Crippen LogP contribution is -2.47. The third-order valence-corrected chi connectivity index (χ3v) is 4.48. The van der Waals surface area contributed by atoms with E-state index in [1.807, 2.05) is 0 Å². The van der Waals surface area contributed by atoms with Crippen molar-refractivity contribution in [3.8, 4) is 0 Å². The summed E-state index contributed by atoms with van der Waals surface area (Å²) in [5.41, 5.74) is 2.42. The van der Waals surface area contributed by atoms with Crippen LogP contribution >= 0.6 is 0 Å². The predicted molar refractivity (Wildman–Crippen MR) is 94.2 cm³/mol. The van der Waals surface area contributed by atoms with E-state index in [4.69, 9.17) is 4.74 Å². The molecule has 3 rings (SSSR count). The van der Waals surface area contributed by atoms with Gasteiger partial charge in [0.1, 0.15) is 5.82 Å². The summed E-state index contributed by atoms with van der Waals surface area (Å²) in [5.74, 6) is -0.203. The average Bonchev–Trinajstić information content (AvgIpc) is 2.64. The first-order valence-corrected chi connectivity index (χ1v) is 8.60. The Morgan fingerprint density at radius 3 is 2.17 bits per heavy atom. The summed E-state index contributed by atoms with van der Waals surface area (Å²) < 4.78 is 18.6. The van der Waals surface area contributed by atoms with Crippen molar-refractivity contribution in [2.75, 3.05) is 39.5 Å². The molecule has 0 aliphatic carbocycles. The van der Waals surface area contributed by atoms with Crippen molar-refractivity contribution < 1.29 is 9.13 Å². The number of piperazine rings is 1. The number of nitrogens with zero attached hydrogens (tertiary/aromatic N) is 2. The Bertz CT molecular complexity index is 595. The van der Waals surface area contributed by atoms with Crippen LogP contribution in [-0.4, -0.2) is 49.3 Å². The smallest absolute Gasteiger partial charge is 0.123 e. The number of hydrogen-bond acceptors (Lipinski definition) is 3. The molecule has 0 radical (unpaired) electrons. The summed E-state index contributed by atoms with van der Waals surface area (Å²) >= 11 is 0. The highest BCUT2D eigenvalue weighted by Crippen LogP contribution is 2.07. The van der Waals surface area contributed by atoms with Gasteiger partial charge in [-0.25, -0.2) is 4.39 Å². The zero-order chi connectivity index (χ0) is 16.6. The van der Waals surface area contributed by atoms with Gasteiger partial charge >= 0.3 is 0 Å². The minimum Gasteiger partial charge on any atom is -0.361 e. The normalized spacial score (nSPS) is 16.4. The molecule has 0 bridgehead atoms. The molecule has 2 aromatic rings. The average molecular weight is 328 g/mol. The lowest BCUT2D eigenvalue weighted by Gasteiger charge is -2.34. The van der Waals surface area contributed by atoms with Gasteiger partial charge in [0, 0.05) is 32.7 Å². The molecule has 0 amide bonds. The fraction of sp³-hybridized carbons (Fsp3) is 0.400. The van der Waals surface area contributed by atoms with Crippen molar-refractivity contribution in [2.24, 2.45) is 0 Å². The van der Waals surface area contributed by atoms with E-state index in [9.17, 15) is 4.39 Å². The lowest BCUT2D eigenvalue weighted by molar-refractivity contribution is -0.00538. The van der Waals surface area contributed by atoms with Gasteiger partial charge in [-0.05, 0) is 29.7 Å². The van der Waals surface area contributed by atoms with Crippen LogP contribution in [0.5, 0.6) is 0 Å². The van der Waals surface area contributed by atoms with Crippen LogP contribution in [0, 0.1) is 5.82 Å². The molecule has 1 fully saturated rings. The minimum absolute atomic E-state index is 0.203. The molecule has 1 heterocycles. The SMILES string of the molecule is Fc1ccc(COCN2CCN(CCc3ccccc3)CC2)cc1. The molecule has 3 nitrogen and oxygen atoms in total. The second-order valence-corrected chi connectivity index (χ2v) is 6.30. The Morgan fingerprint density at radius 2 is 1.46 bits per heavy atom. The number of benzene rings is 2. The molecule has 0 saturated carbocycles. The fourth-order valence-corrected chi connectivity index (χ4v) is 2.95. The molecule has 0 aromatic heterocycles. The molecular formula is C20H25FN2O. The third-order valence-electron chi connectivity index (χ3n) is 4.48. The van der Waals surface area contributed by atoms with Crippen molar-refractivity contribution in [3.05, 3.63) is 71.5 Å². The molecule has 1 aliphatic heterocycles. The summed E-state index contributed by atoms with van der Waals surface area (Å²) in [6.07, 6.45) is 1.11.